The highest BCUT2D eigenvalue weighted by atomic mass is 16.6. The van der Waals surface area contributed by atoms with Crippen molar-refractivity contribution in [1.29, 1.82) is 0 Å². The van der Waals surface area contributed by atoms with Crippen LogP contribution in [0.4, 0.5) is 5.69 Å². The number of methoxy groups -OCH3 is 1. The van der Waals surface area contributed by atoms with Crippen molar-refractivity contribution in [1.82, 2.24) is 4.90 Å². The number of hydrogen-bond acceptors (Lipinski definition) is 6. The van der Waals surface area contributed by atoms with Gasteiger partial charge in [-0.3, -0.25) is 9.69 Å². The van der Waals surface area contributed by atoms with Crippen LogP contribution in [0.5, 0.6) is 0 Å². The highest BCUT2D eigenvalue weighted by Gasteiger charge is 2.51. The van der Waals surface area contributed by atoms with Crippen molar-refractivity contribution >= 4 is 17.6 Å². The Bertz CT molecular complexity index is 618. The Kier molecular flexibility index (Phi) is 4.26. The average Bonchev–Trinajstić information content (AvgIpc) is 2.78. The molecule has 2 bridgehead atoms. The number of nitrogens with zero attached hydrogens (tertiary/aromatic N) is 1. The molecule has 2 aliphatic heterocycles. The minimum atomic E-state index is -0.481. The smallest absolute Gasteiger partial charge is 0.340 e. The van der Waals surface area contributed by atoms with E-state index < -0.39 is 18.0 Å². The van der Waals surface area contributed by atoms with Crippen LogP contribution in [0.2, 0.25) is 0 Å². The van der Waals surface area contributed by atoms with E-state index in [-0.39, 0.29) is 12.0 Å². The summed E-state index contributed by atoms with van der Waals surface area (Å²) >= 11 is 0. The van der Waals surface area contributed by atoms with Crippen molar-refractivity contribution in [3.8, 4) is 0 Å². The maximum absolute atomic E-state index is 12.4. The second kappa shape index (κ2) is 6.20. The maximum atomic E-state index is 12.4. The first-order valence-electron chi connectivity index (χ1n) is 7.88. The number of ether oxygens (including phenoxy) is 2. The summed E-state index contributed by atoms with van der Waals surface area (Å²) in [7, 11) is 3.39. The number of anilines is 1. The molecule has 2 heterocycles. The van der Waals surface area contributed by atoms with E-state index in [0.717, 1.165) is 12.8 Å². The van der Waals surface area contributed by atoms with Gasteiger partial charge in [0.2, 0.25) is 0 Å². The molecule has 124 valence electrons. The van der Waals surface area contributed by atoms with Gasteiger partial charge < -0.3 is 15.2 Å². The Hall–Kier alpha value is -2.08. The lowest BCUT2D eigenvalue weighted by Crippen LogP contribution is -2.53. The van der Waals surface area contributed by atoms with Crippen LogP contribution in [0, 0.1) is 5.92 Å². The zero-order valence-corrected chi connectivity index (χ0v) is 13.4. The molecular weight excluding hydrogens is 296 g/mol. The third-order valence-corrected chi connectivity index (χ3v) is 5.13. The fourth-order valence-corrected chi connectivity index (χ4v) is 3.87. The molecule has 0 spiro atoms. The first-order valence-corrected chi connectivity index (χ1v) is 7.88. The van der Waals surface area contributed by atoms with Crippen molar-refractivity contribution in [3.63, 3.8) is 0 Å². The number of esters is 2. The Balaban J connectivity index is 1.81. The van der Waals surface area contributed by atoms with Gasteiger partial charge in [0.15, 0.2) is 0 Å². The standard InChI is InChI=1S/C17H22N2O4/c1-19-10-7-8-13(19)15(17(21)22-2)14(9-10)23-16(20)11-5-3-4-6-12(11)18/h3-6,10,13-15H,7-9,18H2,1-2H3/t10-,13-,14+,15?/m1/s1. The number of piperidine rings is 1. The lowest BCUT2D eigenvalue weighted by atomic mass is 9.87. The predicted octanol–water partition coefficient (Wildman–Crippen LogP) is 1.45. The molecule has 2 aliphatic rings. The maximum Gasteiger partial charge on any atom is 0.340 e. The van der Waals surface area contributed by atoms with E-state index in [9.17, 15) is 9.59 Å². The fourth-order valence-electron chi connectivity index (χ4n) is 3.87. The lowest BCUT2D eigenvalue weighted by Gasteiger charge is -2.40. The van der Waals surface area contributed by atoms with Gasteiger partial charge in [-0.2, -0.15) is 0 Å². The number of carbonyl (C=O) groups is 2. The topological polar surface area (TPSA) is 81.9 Å². The van der Waals surface area contributed by atoms with Crippen molar-refractivity contribution in [2.24, 2.45) is 5.92 Å². The number of nitrogen functional groups attached to an aromatic ring is 1. The fraction of sp³-hybridized carbons (Fsp3) is 0.529. The first kappa shape index (κ1) is 15.8. The molecule has 4 atom stereocenters. The second-order valence-electron chi connectivity index (χ2n) is 6.28. The molecule has 1 aromatic rings. The van der Waals surface area contributed by atoms with Gasteiger partial charge in [0, 0.05) is 24.2 Å². The van der Waals surface area contributed by atoms with Crippen LogP contribution in [0.1, 0.15) is 29.6 Å². The van der Waals surface area contributed by atoms with Crippen molar-refractivity contribution in [2.45, 2.75) is 37.5 Å². The Morgan fingerprint density at radius 3 is 2.70 bits per heavy atom. The number of rotatable bonds is 3. The number of para-hydroxylation sites is 1. The van der Waals surface area contributed by atoms with Crippen LogP contribution >= 0.6 is 0 Å². The predicted molar refractivity (Wildman–Crippen MR) is 84.8 cm³/mol. The Morgan fingerprint density at radius 2 is 2.00 bits per heavy atom. The van der Waals surface area contributed by atoms with Crippen molar-refractivity contribution < 1.29 is 19.1 Å². The molecule has 1 aromatic carbocycles. The van der Waals surface area contributed by atoms with Crippen LogP contribution in [-0.4, -0.2) is 49.2 Å². The Labute approximate surface area is 135 Å². The lowest BCUT2D eigenvalue weighted by molar-refractivity contribution is -0.156. The van der Waals surface area contributed by atoms with Crippen molar-refractivity contribution in [2.75, 3.05) is 19.9 Å². The minimum absolute atomic E-state index is 0.0621. The average molecular weight is 318 g/mol. The molecule has 0 aliphatic carbocycles. The van der Waals surface area contributed by atoms with E-state index in [1.807, 2.05) is 7.05 Å². The molecular formula is C17H22N2O4. The second-order valence-corrected chi connectivity index (χ2v) is 6.28. The van der Waals surface area contributed by atoms with Gasteiger partial charge in [0.05, 0.1) is 12.7 Å². The molecule has 0 amide bonds. The minimum Gasteiger partial charge on any atom is -0.469 e. The number of carbonyl (C=O) groups excluding carboxylic acids is 2. The van der Waals surface area contributed by atoms with Crippen LogP contribution in [0.15, 0.2) is 24.3 Å². The highest BCUT2D eigenvalue weighted by molar-refractivity contribution is 5.95. The number of nitrogens with two attached hydrogens (primary N) is 1. The molecule has 2 saturated heterocycles. The third-order valence-electron chi connectivity index (χ3n) is 5.13. The van der Waals surface area contributed by atoms with Crippen LogP contribution in [-0.2, 0) is 14.3 Å². The van der Waals surface area contributed by atoms with Crippen molar-refractivity contribution in [3.05, 3.63) is 29.8 Å². The van der Waals surface area contributed by atoms with Gasteiger partial charge in [0.1, 0.15) is 12.0 Å². The molecule has 0 saturated carbocycles. The van der Waals surface area contributed by atoms with E-state index in [0.29, 0.717) is 23.7 Å². The van der Waals surface area contributed by atoms with E-state index in [2.05, 4.69) is 4.90 Å². The molecule has 6 heteroatoms. The van der Waals surface area contributed by atoms with E-state index in [1.54, 1.807) is 24.3 Å². The zero-order chi connectivity index (χ0) is 16.6. The summed E-state index contributed by atoms with van der Waals surface area (Å²) in [5.41, 5.74) is 6.55. The third kappa shape index (κ3) is 2.79. The largest absolute Gasteiger partial charge is 0.469 e. The number of benzene rings is 1. The zero-order valence-electron chi connectivity index (χ0n) is 13.4. The van der Waals surface area contributed by atoms with Crippen LogP contribution < -0.4 is 5.73 Å². The summed E-state index contributed by atoms with van der Waals surface area (Å²) in [5.74, 6) is -1.25. The number of hydrogen-bond donors (Lipinski definition) is 1. The van der Waals surface area contributed by atoms with E-state index in [4.69, 9.17) is 15.2 Å². The highest BCUT2D eigenvalue weighted by Crippen LogP contribution is 2.40. The summed E-state index contributed by atoms with van der Waals surface area (Å²) in [4.78, 5) is 26.9. The number of fused-ring (bicyclic) bond motifs is 2. The molecule has 0 aromatic heterocycles. The van der Waals surface area contributed by atoms with Gasteiger partial charge in [-0.15, -0.1) is 0 Å². The first-order chi connectivity index (χ1) is 11.0. The summed E-state index contributed by atoms with van der Waals surface area (Å²) in [6, 6.07) is 7.20. The normalized spacial score (nSPS) is 30.0. The summed E-state index contributed by atoms with van der Waals surface area (Å²) < 4.78 is 10.6. The van der Waals surface area contributed by atoms with Gasteiger partial charge >= 0.3 is 11.9 Å². The molecule has 1 unspecified atom stereocenters. The van der Waals surface area contributed by atoms with E-state index >= 15 is 0 Å². The molecule has 2 fully saturated rings. The summed E-state index contributed by atoms with van der Waals surface area (Å²) in [6.45, 7) is 0. The van der Waals surface area contributed by atoms with E-state index in [1.165, 1.54) is 7.11 Å². The summed E-state index contributed by atoms with van der Waals surface area (Å²) in [6.07, 6.45) is 2.10. The summed E-state index contributed by atoms with van der Waals surface area (Å²) in [5, 5.41) is 0. The van der Waals surface area contributed by atoms with Gasteiger partial charge in [-0.05, 0) is 32.0 Å². The van der Waals surface area contributed by atoms with Gasteiger partial charge in [-0.1, -0.05) is 12.1 Å². The molecule has 6 nitrogen and oxygen atoms in total. The SMILES string of the molecule is COC(=O)C1[C@@H](OC(=O)c2ccccc2N)C[C@H]2CC[C@H]1N2C. The van der Waals surface area contributed by atoms with Gasteiger partial charge in [0.25, 0.3) is 0 Å². The monoisotopic (exact) mass is 318 g/mol. The van der Waals surface area contributed by atoms with Gasteiger partial charge in [-0.25, -0.2) is 4.79 Å². The Morgan fingerprint density at radius 1 is 1.26 bits per heavy atom. The van der Waals surface area contributed by atoms with Crippen LogP contribution in [0.3, 0.4) is 0 Å². The molecule has 23 heavy (non-hydrogen) atoms. The molecule has 0 radical (unpaired) electrons. The molecule has 3 rings (SSSR count). The quantitative estimate of drug-likeness (QED) is 0.671. The van der Waals surface area contributed by atoms with Crippen LogP contribution in [0.25, 0.3) is 0 Å². The molecule has 2 N–H and O–H groups in total.